The second-order valence-electron chi connectivity index (χ2n) is 5.19. The largest absolute Gasteiger partial charge is 0.494 e. The number of unbranched alkanes of at least 4 members (excludes halogenated alkanes) is 1. The third kappa shape index (κ3) is 6.84. The summed E-state index contributed by atoms with van der Waals surface area (Å²) >= 11 is 0. The van der Waals surface area contributed by atoms with E-state index in [0.717, 1.165) is 24.3 Å². The van der Waals surface area contributed by atoms with Gasteiger partial charge in [0, 0.05) is 25.2 Å². The molecule has 0 aliphatic heterocycles. The Hall–Kier alpha value is -1.97. The summed E-state index contributed by atoms with van der Waals surface area (Å²) in [5.74, 6) is 0.944. The highest BCUT2D eigenvalue weighted by atomic mass is 16.5. The van der Waals surface area contributed by atoms with Gasteiger partial charge in [-0.15, -0.1) is 0 Å². The molecule has 2 N–H and O–H groups in total. The van der Waals surface area contributed by atoms with Crippen molar-refractivity contribution in [2.24, 2.45) is 0 Å². The van der Waals surface area contributed by atoms with Gasteiger partial charge >= 0.3 is 0 Å². The van der Waals surface area contributed by atoms with Crippen LogP contribution in [0.1, 0.15) is 44.7 Å². The van der Waals surface area contributed by atoms with Gasteiger partial charge in [-0.05, 0) is 44.4 Å². The SMILES string of the molecule is C=C(C)NC(C)c1ccc(OCCCCC(=O)NC)cc1. The maximum Gasteiger partial charge on any atom is 0.219 e. The van der Waals surface area contributed by atoms with Crippen molar-refractivity contribution in [2.75, 3.05) is 13.7 Å². The Morgan fingerprint density at radius 1 is 1.29 bits per heavy atom. The van der Waals surface area contributed by atoms with Gasteiger partial charge in [0.05, 0.1) is 6.61 Å². The topological polar surface area (TPSA) is 50.4 Å². The molecular formula is C17H26N2O2. The van der Waals surface area contributed by atoms with Crippen LogP contribution in [0.15, 0.2) is 36.5 Å². The fourth-order valence-electron chi connectivity index (χ4n) is 2.01. The van der Waals surface area contributed by atoms with Crippen LogP contribution >= 0.6 is 0 Å². The molecule has 0 bridgehead atoms. The van der Waals surface area contributed by atoms with Crippen molar-refractivity contribution in [2.45, 2.75) is 39.2 Å². The number of nitrogens with one attached hydrogen (secondary N) is 2. The lowest BCUT2D eigenvalue weighted by molar-refractivity contribution is -0.120. The molecule has 4 nitrogen and oxygen atoms in total. The summed E-state index contributed by atoms with van der Waals surface area (Å²) in [6, 6.07) is 8.31. The first-order valence-corrected chi connectivity index (χ1v) is 7.38. The summed E-state index contributed by atoms with van der Waals surface area (Å²) < 4.78 is 5.67. The Balaban J connectivity index is 2.31. The fourth-order valence-corrected chi connectivity index (χ4v) is 2.01. The van der Waals surface area contributed by atoms with Gasteiger partial charge in [-0.1, -0.05) is 18.7 Å². The molecule has 116 valence electrons. The monoisotopic (exact) mass is 290 g/mol. The number of carbonyl (C=O) groups excluding carboxylic acids is 1. The van der Waals surface area contributed by atoms with Crippen LogP contribution in [-0.4, -0.2) is 19.6 Å². The van der Waals surface area contributed by atoms with E-state index in [1.54, 1.807) is 7.05 Å². The lowest BCUT2D eigenvalue weighted by Gasteiger charge is -2.15. The predicted octanol–water partition coefficient (Wildman–Crippen LogP) is 3.17. The number of allylic oxidation sites excluding steroid dienone is 1. The lowest BCUT2D eigenvalue weighted by Crippen LogP contribution is -2.17. The molecule has 1 unspecified atom stereocenters. The zero-order chi connectivity index (χ0) is 15.7. The van der Waals surface area contributed by atoms with Crippen LogP contribution in [0.4, 0.5) is 0 Å². The van der Waals surface area contributed by atoms with Crippen LogP contribution in [0, 0.1) is 0 Å². The van der Waals surface area contributed by atoms with Crippen LogP contribution in [0.5, 0.6) is 5.75 Å². The minimum absolute atomic E-state index is 0.0818. The number of benzene rings is 1. The highest BCUT2D eigenvalue weighted by molar-refractivity contribution is 5.75. The standard InChI is InChI=1S/C17H26N2O2/c1-13(2)19-14(3)15-8-10-16(11-9-15)21-12-6-5-7-17(20)18-4/h8-11,14,19H,1,5-7,12H2,2-4H3,(H,18,20). The molecule has 0 fully saturated rings. The van der Waals surface area contributed by atoms with E-state index in [4.69, 9.17) is 4.74 Å². The van der Waals surface area contributed by atoms with Crippen molar-refractivity contribution in [3.63, 3.8) is 0 Å². The van der Waals surface area contributed by atoms with Crippen molar-refractivity contribution in [1.82, 2.24) is 10.6 Å². The second kappa shape index (κ2) is 9.06. The number of ether oxygens (including phenoxy) is 1. The van der Waals surface area contributed by atoms with Crippen molar-refractivity contribution >= 4 is 5.91 Å². The first-order valence-electron chi connectivity index (χ1n) is 7.38. The molecule has 0 aromatic heterocycles. The summed E-state index contributed by atoms with van der Waals surface area (Å²) in [6.07, 6.45) is 2.28. The quantitative estimate of drug-likeness (QED) is 0.687. The summed E-state index contributed by atoms with van der Waals surface area (Å²) in [7, 11) is 1.66. The third-order valence-corrected chi connectivity index (χ3v) is 3.19. The molecule has 0 aliphatic carbocycles. The Morgan fingerprint density at radius 3 is 2.52 bits per heavy atom. The van der Waals surface area contributed by atoms with Crippen LogP contribution in [0.2, 0.25) is 0 Å². The van der Waals surface area contributed by atoms with Crippen molar-refractivity contribution in [1.29, 1.82) is 0 Å². The summed E-state index contributed by atoms with van der Waals surface area (Å²) in [4.78, 5) is 11.1. The Kier molecular flexibility index (Phi) is 7.37. The van der Waals surface area contributed by atoms with Crippen LogP contribution in [0.25, 0.3) is 0 Å². The van der Waals surface area contributed by atoms with Crippen LogP contribution in [0.3, 0.4) is 0 Å². The Labute approximate surface area is 127 Å². The van der Waals surface area contributed by atoms with Gasteiger partial charge < -0.3 is 15.4 Å². The third-order valence-electron chi connectivity index (χ3n) is 3.19. The molecule has 1 amide bonds. The zero-order valence-electron chi connectivity index (χ0n) is 13.2. The molecule has 1 aromatic carbocycles. The van der Waals surface area contributed by atoms with Crippen molar-refractivity contribution < 1.29 is 9.53 Å². The molecule has 21 heavy (non-hydrogen) atoms. The van der Waals surface area contributed by atoms with E-state index >= 15 is 0 Å². The van der Waals surface area contributed by atoms with Gasteiger partial charge in [0.25, 0.3) is 0 Å². The van der Waals surface area contributed by atoms with E-state index in [0.29, 0.717) is 13.0 Å². The van der Waals surface area contributed by atoms with Crippen LogP contribution in [-0.2, 0) is 4.79 Å². The van der Waals surface area contributed by atoms with Crippen LogP contribution < -0.4 is 15.4 Å². The van der Waals surface area contributed by atoms with Crippen molar-refractivity contribution in [3.05, 3.63) is 42.1 Å². The number of carbonyl (C=O) groups is 1. The van der Waals surface area contributed by atoms with E-state index in [1.165, 1.54) is 5.56 Å². The van der Waals surface area contributed by atoms with E-state index < -0.39 is 0 Å². The first kappa shape index (κ1) is 17.1. The van der Waals surface area contributed by atoms with E-state index in [-0.39, 0.29) is 11.9 Å². The van der Waals surface area contributed by atoms with E-state index in [9.17, 15) is 4.79 Å². The summed E-state index contributed by atoms with van der Waals surface area (Å²) in [6.45, 7) is 8.54. The van der Waals surface area contributed by atoms with Gasteiger partial charge in [0.1, 0.15) is 5.75 Å². The van der Waals surface area contributed by atoms with Gasteiger partial charge in [0.15, 0.2) is 0 Å². The number of rotatable bonds is 9. The minimum Gasteiger partial charge on any atom is -0.494 e. The van der Waals surface area contributed by atoms with E-state index in [1.807, 2.05) is 19.1 Å². The molecule has 0 saturated heterocycles. The second-order valence-corrected chi connectivity index (χ2v) is 5.19. The van der Waals surface area contributed by atoms with Gasteiger partial charge in [-0.3, -0.25) is 4.79 Å². The molecule has 0 aliphatic rings. The zero-order valence-corrected chi connectivity index (χ0v) is 13.2. The molecule has 4 heteroatoms. The molecule has 0 saturated carbocycles. The predicted molar refractivity (Wildman–Crippen MR) is 86.2 cm³/mol. The number of amides is 1. The van der Waals surface area contributed by atoms with Gasteiger partial charge in [0.2, 0.25) is 5.91 Å². The minimum atomic E-state index is 0.0818. The maximum absolute atomic E-state index is 11.1. The van der Waals surface area contributed by atoms with Gasteiger partial charge in [-0.2, -0.15) is 0 Å². The first-order chi connectivity index (χ1) is 10.0. The molecule has 1 aromatic rings. The fraction of sp³-hybridized carbons (Fsp3) is 0.471. The number of hydrogen-bond acceptors (Lipinski definition) is 3. The lowest BCUT2D eigenvalue weighted by atomic mass is 10.1. The highest BCUT2D eigenvalue weighted by Crippen LogP contribution is 2.18. The Bertz CT molecular complexity index is 454. The smallest absolute Gasteiger partial charge is 0.219 e. The molecular weight excluding hydrogens is 264 g/mol. The van der Waals surface area contributed by atoms with E-state index in [2.05, 4.69) is 36.3 Å². The maximum atomic E-state index is 11.1. The number of hydrogen-bond donors (Lipinski definition) is 2. The average Bonchev–Trinajstić information content (AvgIpc) is 2.46. The Morgan fingerprint density at radius 2 is 1.95 bits per heavy atom. The molecule has 0 heterocycles. The molecule has 0 spiro atoms. The molecule has 0 radical (unpaired) electrons. The normalized spacial score (nSPS) is 11.6. The molecule has 1 rings (SSSR count). The van der Waals surface area contributed by atoms with Gasteiger partial charge in [-0.25, -0.2) is 0 Å². The van der Waals surface area contributed by atoms with Crippen molar-refractivity contribution in [3.8, 4) is 5.75 Å². The average molecular weight is 290 g/mol. The molecule has 1 atom stereocenters. The summed E-state index contributed by atoms with van der Waals surface area (Å²) in [5, 5.41) is 5.89. The highest BCUT2D eigenvalue weighted by Gasteiger charge is 2.04. The summed E-state index contributed by atoms with van der Waals surface area (Å²) in [5.41, 5.74) is 2.16.